The number of nitrogens with two attached hydrogens (primary N) is 1. The number of imidazole rings is 1. The first kappa shape index (κ1) is 12.6. The van der Waals surface area contributed by atoms with Gasteiger partial charge in [0.2, 0.25) is 0 Å². The second-order valence-corrected chi connectivity index (χ2v) is 4.73. The van der Waals surface area contributed by atoms with E-state index in [0.29, 0.717) is 11.2 Å². The first-order chi connectivity index (χ1) is 9.69. The highest BCUT2D eigenvalue weighted by Crippen LogP contribution is 2.26. The number of hydrogen-bond donors (Lipinski definition) is 1. The van der Waals surface area contributed by atoms with Crippen LogP contribution >= 0.6 is 0 Å². The van der Waals surface area contributed by atoms with Crippen LogP contribution in [0, 0.1) is 5.82 Å². The molecule has 3 aromatic rings. The predicted octanol–water partition coefficient (Wildman–Crippen LogP) is 3.23. The highest BCUT2D eigenvalue weighted by molar-refractivity contribution is 5.81. The number of halogens is 1. The Labute approximate surface area is 116 Å². The summed E-state index contributed by atoms with van der Waals surface area (Å²) in [6.45, 7) is 2.91. The van der Waals surface area contributed by atoms with E-state index < -0.39 is 0 Å². The minimum absolute atomic E-state index is 0.282. The van der Waals surface area contributed by atoms with Gasteiger partial charge in [-0.05, 0) is 24.6 Å². The minimum Gasteiger partial charge on any atom is -0.397 e. The van der Waals surface area contributed by atoms with Gasteiger partial charge < -0.3 is 10.3 Å². The number of anilines is 1. The van der Waals surface area contributed by atoms with Crippen molar-refractivity contribution in [3.05, 3.63) is 42.5 Å². The van der Waals surface area contributed by atoms with Crippen LogP contribution in [0.25, 0.3) is 22.4 Å². The normalized spacial score (nSPS) is 11.1. The van der Waals surface area contributed by atoms with Crippen LogP contribution in [-0.2, 0) is 6.54 Å². The van der Waals surface area contributed by atoms with E-state index in [4.69, 9.17) is 5.73 Å². The van der Waals surface area contributed by atoms with Gasteiger partial charge in [0.05, 0.1) is 16.7 Å². The third-order valence-corrected chi connectivity index (χ3v) is 3.18. The second-order valence-electron chi connectivity index (χ2n) is 4.73. The van der Waals surface area contributed by atoms with Crippen LogP contribution in [0.2, 0.25) is 0 Å². The molecule has 0 bridgehead atoms. The van der Waals surface area contributed by atoms with E-state index in [-0.39, 0.29) is 5.82 Å². The first-order valence-electron chi connectivity index (χ1n) is 6.55. The molecule has 102 valence electrons. The van der Waals surface area contributed by atoms with Crippen molar-refractivity contribution < 1.29 is 4.39 Å². The average molecular weight is 270 g/mol. The maximum absolute atomic E-state index is 13.3. The zero-order valence-electron chi connectivity index (χ0n) is 11.2. The fraction of sp³-hybridized carbons (Fsp3) is 0.200. The number of hydrogen-bond acceptors (Lipinski definition) is 3. The van der Waals surface area contributed by atoms with Gasteiger partial charge >= 0.3 is 0 Å². The molecule has 0 aliphatic heterocycles. The van der Waals surface area contributed by atoms with Gasteiger partial charge in [-0.25, -0.2) is 9.37 Å². The van der Waals surface area contributed by atoms with Crippen molar-refractivity contribution in [2.45, 2.75) is 19.9 Å². The number of nitrogens with zero attached hydrogens (tertiary/aromatic N) is 3. The van der Waals surface area contributed by atoms with Crippen molar-refractivity contribution in [2.24, 2.45) is 0 Å². The molecule has 0 aliphatic carbocycles. The Morgan fingerprint density at radius 2 is 2.10 bits per heavy atom. The molecule has 0 amide bonds. The Kier molecular flexibility index (Phi) is 3.10. The average Bonchev–Trinajstić information content (AvgIpc) is 2.77. The van der Waals surface area contributed by atoms with Crippen LogP contribution in [-0.4, -0.2) is 14.5 Å². The lowest BCUT2D eigenvalue weighted by atomic mass is 10.2. The van der Waals surface area contributed by atoms with Crippen molar-refractivity contribution in [1.82, 2.24) is 14.5 Å². The third-order valence-electron chi connectivity index (χ3n) is 3.18. The Balaban J connectivity index is 2.25. The Morgan fingerprint density at radius 3 is 2.85 bits per heavy atom. The number of rotatable bonds is 3. The van der Waals surface area contributed by atoms with Gasteiger partial charge in [0, 0.05) is 30.6 Å². The minimum atomic E-state index is -0.282. The number of aromatic nitrogens is 3. The van der Waals surface area contributed by atoms with E-state index in [1.807, 2.05) is 6.07 Å². The molecular weight excluding hydrogens is 255 g/mol. The van der Waals surface area contributed by atoms with Gasteiger partial charge in [0.25, 0.3) is 0 Å². The quantitative estimate of drug-likeness (QED) is 0.795. The van der Waals surface area contributed by atoms with Crippen LogP contribution in [0.4, 0.5) is 10.1 Å². The maximum Gasteiger partial charge on any atom is 0.142 e. The van der Waals surface area contributed by atoms with Gasteiger partial charge in [-0.2, -0.15) is 0 Å². The number of pyridine rings is 1. The Morgan fingerprint density at radius 1 is 1.25 bits per heavy atom. The lowest BCUT2D eigenvalue weighted by molar-refractivity contribution is 0.629. The van der Waals surface area contributed by atoms with Crippen molar-refractivity contribution in [3.63, 3.8) is 0 Å². The summed E-state index contributed by atoms with van der Waals surface area (Å²) >= 11 is 0. The van der Waals surface area contributed by atoms with Gasteiger partial charge in [-0.1, -0.05) is 6.92 Å². The molecule has 4 nitrogen and oxygen atoms in total. The molecule has 0 saturated carbocycles. The van der Waals surface area contributed by atoms with Crippen LogP contribution in [0.5, 0.6) is 0 Å². The summed E-state index contributed by atoms with van der Waals surface area (Å²) < 4.78 is 15.4. The molecule has 0 radical (unpaired) electrons. The van der Waals surface area contributed by atoms with E-state index in [1.165, 1.54) is 12.1 Å². The summed E-state index contributed by atoms with van der Waals surface area (Å²) in [6, 6.07) is 6.50. The monoisotopic (exact) mass is 270 g/mol. The van der Waals surface area contributed by atoms with E-state index in [1.54, 1.807) is 18.5 Å². The summed E-state index contributed by atoms with van der Waals surface area (Å²) in [6.07, 6.45) is 4.28. The molecule has 0 saturated heterocycles. The van der Waals surface area contributed by atoms with Crippen LogP contribution < -0.4 is 5.73 Å². The topological polar surface area (TPSA) is 56.7 Å². The van der Waals surface area contributed by atoms with Crippen LogP contribution in [0.3, 0.4) is 0 Å². The molecule has 2 N–H and O–H groups in total. The van der Waals surface area contributed by atoms with Gasteiger partial charge in [-0.15, -0.1) is 0 Å². The largest absolute Gasteiger partial charge is 0.397 e. The maximum atomic E-state index is 13.3. The van der Waals surface area contributed by atoms with Gasteiger partial charge in [0.1, 0.15) is 11.6 Å². The molecule has 2 heterocycles. The molecule has 0 fully saturated rings. The molecule has 0 atom stereocenters. The van der Waals surface area contributed by atoms with Crippen molar-refractivity contribution in [2.75, 3.05) is 5.73 Å². The van der Waals surface area contributed by atoms with E-state index in [9.17, 15) is 4.39 Å². The fourth-order valence-electron chi connectivity index (χ4n) is 2.35. The van der Waals surface area contributed by atoms with Crippen molar-refractivity contribution in [1.29, 1.82) is 0 Å². The number of benzene rings is 1. The number of fused-ring (bicyclic) bond motifs is 1. The van der Waals surface area contributed by atoms with E-state index in [0.717, 1.165) is 29.9 Å². The lowest BCUT2D eigenvalue weighted by Gasteiger charge is -2.07. The molecule has 0 spiro atoms. The molecule has 1 aromatic carbocycles. The first-order valence-corrected chi connectivity index (χ1v) is 6.55. The highest BCUT2D eigenvalue weighted by atomic mass is 19.1. The number of nitrogen functional groups attached to an aromatic ring is 1. The molecule has 20 heavy (non-hydrogen) atoms. The van der Waals surface area contributed by atoms with Crippen molar-refractivity contribution in [3.8, 4) is 11.4 Å². The smallest absolute Gasteiger partial charge is 0.142 e. The van der Waals surface area contributed by atoms with Crippen LogP contribution in [0.15, 0.2) is 36.7 Å². The Bertz CT molecular complexity index is 764. The molecule has 0 unspecified atom stereocenters. The highest BCUT2D eigenvalue weighted by Gasteiger charge is 2.13. The van der Waals surface area contributed by atoms with Gasteiger partial charge in [0.15, 0.2) is 0 Å². The van der Waals surface area contributed by atoms with E-state index >= 15 is 0 Å². The fourth-order valence-corrected chi connectivity index (χ4v) is 2.35. The van der Waals surface area contributed by atoms with Gasteiger partial charge in [-0.3, -0.25) is 4.98 Å². The summed E-state index contributed by atoms with van der Waals surface area (Å²) in [5, 5.41) is 0. The van der Waals surface area contributed by atoms with Crippen molar-refractivity contribution >= 4 is 16.7 Å². The third kappa shape index (κ3) is 2.11. The molecule has 0 aliphatic rings. The molecule has 2 aromatic heterocycles. The predicted molar refractivity (Wildman–Crippen MR) is 77.6 cm³/mol. The van der Waals surface area contributed by atoms with Crippen LogP contribution in [0.1, 0.15) is 13.3 Å². The summed E-state index contributed by atoms with van der Waals surface area (Å²) in [4.78, 5) is 8.63. The zero-order valence-corrected chi connectivity index (χ0v) is 11.2. The molecular formula is C15H15FN4. The molecule has 5 heteroatoms. The second kappa shape index (κ2) is 4.92. The standard InChI is InChI=1S/C15H15FN4/c1-2-5-20-14-4-3-11(16)7-13(14)19-15(20)10-6-12(17)9-18-8-10/h3-4,6-9H,2,5,17H2,1H3. The SMILES string of the molecule is CCCn1c(-c2cncc(N)c2)nc2cc(F)ccc21. The summed E-state index contributed by atoms with van der Waals surface area (Å²) in [7, 11) is 0. The molecule has 3 rings (SSSR count). The van der Waals surface area contributed by atoms with E-state index in [2.05, 4.69) is 21.5 Å². The summed E-state index contributed by atoms with van der Waals surface area (Å²) in [5.74, 6) is 0.489. The lowest BCUT2D eigenvalue weighted by Crippen LogP contribution is -2.00. The summed E-state index contributed by atoms with van der Waals surface area (Å²) in [5.41, 5.74) is 8.78. The Hall–Kier alpha value is -2.43. The number of aryl methyl sites for hydroxylation is 1. The zero-order chi connectivity index (χ0) is 14.1.